The fourth-order valence-corrected chi connectivity index (χ4v) is 2.37. The standard InChI is InChI=1S/C19H22ClFN6O/c1-13(27-15-4-5-18(21)17(20)8-15)26-11-16(14-9-23-12-24-10-14)19(22)25-6-3-7-28-2/h4-5,8-12,25,27H,1,3,6-7,22H2,2H3/b19-16-,26-11-. The topological polar surface area (TPSA) is 97.5 Å². The summed E-state index contributed by atoms with van der Waals surface area (Å²) in [6.45, 7) is 5.10. The van der Waals surface area contributed by atoms with Crippen LogP contribution >= 0.6 is 11.6 Å². The van der Waals surface area contributed by atoms with Crippen LogP contribution in [0.15, 0.2) is 60.1 Å². The van der Waals surface area contributed by atoms with E-state index in [0.717, 1.165) is 6.42 Å². The Labute approximate surface area is 168 Å². The van der Waals surface area contributed by atoms with Gasteiger partial charge < -0.3 is 21.1 Å². The first kappa shape index (κ1) is 21.3. The van der Waals surface area contributed by atoms with Crippen molar-refractivity contribution in [2.24, 2.45) is 10.7 Å². The summed E-state index contributed by atoms with van der Waals surface area (Å²) >= 11 is 5.78. The Morgan fingerprint density at radius 2 is 2.14 bits per heavy atom. The number of nitrogens with zero attached hydrogens (tertiary/aromatic N) is 3. The van der Waals surface area contributed by atoms with Crippen molar-refractivity contribution in [2.75, 3.05) is 25.6 Å². The smallest absolute Gasteiger partial charge is 0.141 e. The Morgan fingerprint density at radius 1 is 1.39 bits per heavy atom. The Balaban J connectivity index is 2.14. The summed E-state index contributed by atoms with van der Waals surface area (Å²) in [6, 6.07) is 4.25. The van der Waals surface area contributed by atoms with Crippen molar-refractivity contribution in [3.05, 3.63) is 71.5 Å². The zero-order valence-electron chi connectivity index (χ0n) is 15.5. The molecule has 7 nitrogen and oxygen atoms in total. The lowest BCUT2D eigenvalue weighted by atomic mass is 10.1. The van der Waals surface area contributed by atoms with Gasteiger partial charge in [-0.3, -0.25) is 0 Å². The van der Waals surface area contributed by atoms with Crippen LogP contribution in [0, 0.1) is 5.82 Å². The van der Waals surface area contributed by atoms with Crippen molar-refractivity contribution in [1.29, 1.82) is 0 Å². The number of nitrogens with two attached hydrogens (primary N) is 1. The molecular weight excluding hydrogens is 383 g/mol. The van der Waals surface area contributed by atoms with E-state index in [1.165, 1.54) is 24.5 Å². The van der Waals surface area contributed by atoms with Gasteiger partial charge in [-0.05, 0) is 24.6 Å². The zero-order chi connectivity index (χ0) is 20.4. The highest BCUT2D eigenvalue weighted by Crippen LogP contribution is 2.20. The van der Waals surface area contributed by atoms with Gasteiger partial charge in [0.25, 0.3) is 0 Å². The molecule has 2 rings (SSSR count). The van der Waals surface area contributed by atoms with E-state index < -0.39 is 5.82 Å². The second-order valence-electron chi connectivity index (χ2n) is 5.69. The molecule has 0 aliphatic carbocycles. The summed E-state index contributed by atoms with van der Waals surface area (Å²) in [4.78, 5) is 12.3. The van der Waals surface area contributed by atoms with E-state index in [2.05, 4.69) is 32.2 Å². The van der Waals surface area contributed by atoms with Crippen LogP contribution in [0.3, 0.4) is 0 Å². The van der Waals surface area contributed by atoms with Gasteiger partial charge in [-0.2, -0.15) is 0 Å². The van der Waals surface area contributed by atoms with E-state index in [-0.39, 0.29) is 5.02 Å². The van der Waals surface area contributed by atoms with Gasteiger partial charge in [0.15, 0.2) is 0 Å². The summed E-state index contributed by atoms with van der Waals surface area (Å²) in [5.41, 5.74) is 8.05. The number of ether oxygens (including phenoxy) is 1. The van der Waals surface area contributed by atoms with Crippen molar-refractivity contribution in [3.8, 4) is 0 Å². The predicted molar refractivity (Wildman–Crippen MR) is 110 cm³/mol. The van der Waals surface area contributed by atoms with E-state index in [4.69, 9.17) is 22.1 Å². The van der Waals surface area contributed by atoms with Crippen LogP contribution in [0.2, 0.25) is 5.02 Å². The monoisotopic (exact) mass is 404 g/mol. The van der Waals surface area contributed by atoms with Crippen LogP contribution in [0.25, 0.3) is 5.57 Å². The van der Waals surface area contributed by atoms with Crippen LogP contribution in [-0.2, 0) is 4.74 Å². The number of hydrogen-bond acceptors (Lipinski definition) is 7. The maximum Gasteiger partial charge on any atom is 0.141 e. The molecule has 28 heavy (non-hydrogen) atoms. The molecule has 4 N–H and O–H groups in total. The number of aliphatic imine (C=N–C) groups is 1. The van der Waals surface area contributed by atoms with Gasteiger partial charge in [-0.15, -0.1) is 0 Å². The molecule has 1 aromatic carbocycles. The molecule has 0 amide bonds. The lowest BCUT2D eigenvalue weighted by Crippen LogP contribution is -2.24. The van der Waals surface area contributed by atoms with Gasteiger partial charge in [0.1, 0.15) is 23.8 Å². The summed E-state index contributed by atoms with van der Waals surface area (Å²) < 4.78 is 18.3. The minimum Gasteiger partial charge on any atom is -0.385 e. The highest BCUT2D eigenvalue weighted by atomic mass is 35.5. The molecule has 2 aromatic rings. The number of allylic oxidation sites excluding steroid dienone is 1. The number of nitrogens with one attached hydrogen (secondary N) is 2. The van der Waals surface area contributed by atoms with Gasteiger partial charge in [0.2, 0.25) is 0 Å². The molecule has 1 aromatic heterocycles. The maximum absolute atomic E-state index is 13.3. The molecule has 0 saturated heterocycles. The maximum atomic E-state index is 13.3. The molecule has 0 bridgehead atoms. The Kier molecular flexibility index (Phi) is 8.38. The average molecular weight is 405 g/mol. The summed E-state index contributed by atoms with van der Waals surface area (Å²) in [6.07, 6.45) is 7.05. The zero-order valence-corrected chi connectivity index (χ0v) is 16.2. The number of aromatic nitrogens is 2. The number of anilines is 1. The minimum absolute atomic E-state index is 0.00769. The molecule has 0 radical (unpaired) electrons. The summed E-state index contributed by atoms with van der Waals surface area (Å²) in [5, 5.41) is 6.07. The molecule has 0 aliphatic heterocycles. The molecule has 148 valence electrons. The number of methoxy groups -OCH3 is 1. The third kappa shape index (κ3) is 6.64. The van der Waals surface area contributed by atoms with Crippen molar-refractivity contribution in [2.45, 2.75) is 6.42 Å². The SMILES string of the molecule is C=C(/N=C\C(=C(/N)NCCCOC)c1cncnc1)Nc1ccc(F)c(Cl)c1. The van der Waals surface area contributed by atoms with E-state index in [0.29, 0.717) is 41.6 Å². The van der Waals surface area contributed by atoms with Crippen molar-refractivity contribution >= 4 is 29.1 Å². The summed E-state index contributed by atoms with van der Waals surface area (Å²) in [5.74, 6) is 0.249. The molecule has 1 heterocycles. The van der Waals surface area contributed by atoms with Gasteiger partial charge in [0, 0.05) is 55.7 Å². The van der Waals surface area contributed by atoms with E-state index >= 15 is 0 Å². The average Bonchev–Trinajstić information content (AvgIpc) is 2.69. The quantitative estimate of drug-likeness (QED) is 0.415. The summed E-state index contributed by atoms with van der Waals surface area (Å²) in [7, 11) is 1.64. The predicted octanol–water partition coefficient (Wildman–Crippen LogP) is 3.18. The Hall–Kier alpha value is -2.97. The molecule has 0 atom stereocenters. The third-order valence-corrected chi connectivity index (χ3v) is 3.85. The van der Waals surface area contributed by atoms with Crippen LogP contribution in [0.1, 0.15) is 12.0 Å². The normalized spacial score (nSPS) is 12.0. The first-order valence-electron chi connectivity index (χ1n) is 8.44. The van der Waals surface area contributed by atoms with Gasteiger partial charge in [-0.1, -0.05) is 18.2 Å². The lowest BCUT2D eigenvalue weighted by Gasteiger charge is -2.11. The first-order chi connectivity index (χ1) is 13.5. The van der Waals surface area contributed by atoms with Gasteiger partial charge >= 0.3 is 0 Å². The number of rotatable bonds is 10. The fraction of sp³-hybridized carbons (Fsp3) is 0.211. The van der Waals surface area contributed by atoms with E-state index in [1.807, 2.05) is 0 Å². The molecule has 0 unspecified atom stereocenters. The van der Waals surface area contributed by atoms with Crippen molar-refractivity contribution < 1.29 is 9.13 Å². The van der Waals surface area contributed by atoms with Crippen molar-refractivity contribution in [1.82, 2.24) is 15.3 Å². The fourth-order valence-electron chi connectivity index (χ4n) is 2.19. The van der Waals surface area contributed by atoms with E-state index in [1.54, 1.807) is 25.7 Å². The second-order valence-corrected chi connectivity index (χ2v) is 6.09. The third-order valence-electron chi connectivity index (χ3n) is 3.56. The van der Waals surface area contributed by atoms with E-state index in [9.17, 15) is 4.39 Å². The second kappa shape index (κ2) is 11.0. The van der Waals surface area contributed by atoms with Crippen molar-refractivity contribution in [3.63, 3.8) is 0 Å². The molecule has 9 heteroatoms. The molecule has 0 aliphatic rings. The number of halogens is 2. The first-order valence-corrected chi connectivity index (χ1v) is 8.82. The van der Waals surface area contributed by atoms with Crippen LogP contribution < -0.4 is 16.4 Å². The van der Waals surface area contributed by atoms with Gasteiger partial charge in [-0.25, -0.2) is 19.4 Å². The highest BCUT2D eigenvalue weighted by molar-refractivity contribution is 6.31. The number of benzene rings is 1. The highest BCUT2D eigenvalue weighted by Gasteiger charge is 2.06. The molecule has 0 spiro atoms. The van der Waals surface area contributed by atoms with Crippen LogP contribution in [-0.4, -0.2) is 36.4 Å². The van der Waals surface area contributed by atoms with Crippen LogP contribution in [0.5, 0.6) is 0 Å². The van der Waals surface area contributed by atoms with Gasteiger partial charge in [0.05, 0.1) is 5.02 Å². The largest absolute Gasteiger partial charge is 0.385 e. The van der Waals surface area contributed by atoms with Crippen LogP contribution in [0.4, 0.5) is 10.1 Å². The molecule has 0 fully saturated rings. The molecular formula is C19H22ClFN6O. The minimum atomic E-state index is -0.497. The Morgan fingerprint density at radius 3 is 2.82 bits per heavy atom. The molecule has 0 saturated carbocycles. The lowest BCUT2D eigenvalue weighted by molar-refractivity contribution is 0.195. The number of hydrogen-bond donors (Lipinski definition) is 3. The Bertz CT molecular complexity index is 857.